The van der Waals surface area contributed by atoms with Crippen molar-refractivity contribution in [2.45, 2.75) is 30.9 Å². The molecule has 2 aromatic rings. The minimum absolute atomic E-state index is 0.00188. The third kappa shape index (κ3) is 5.82. The molecule has 1 amide bonds. The largest absolute Gasteiger partial charge is 0.487 e. The summed E-state index contributed by atoms with van der Waals surface area (Å²) in [6.07, 6.45) is -0.514. The van der Waals surface area contributed by atoms with E-state index in [1.165, 1.54) is 22.4 Å². The van der Waals surface area contributed by atoms with Crippen LogP contribution in [0.3, 0.4) is 0 Å². The molecule has 35 heavy (non-hydrogen) atoms. The van der Waals surface area contributed by atoms with Crippen molar-refractivity contribution in [2.24, 2.45) is 5.92 Å². The highest BCUT2D eigenvalue weighted by atomic mass is 32.2. The molecule has 0 unspecified atom stereocenters. The number of sulfonamides is 1. The van der Waals surface area contributed by atoms with E-state index in [-0.39, 0.29) is 48.8 Å². The molecule has 1 N–H and O–H groups in total. The van der Waals surface area contributed by atoms with Crippen molar-refractivity contribution in [3.05, 3.63) is 48.0 Å². The number of nitriles is 1. The van der Waals surface area contributed by atoms with Gasteiger partial charge in [-0.05, 0) is 42.3 Å². The number of methoxy groups -OCH3 is 1. The lowest BCUT2D eigenvalue weighted by atomic mass is 10.0. The fraction of sp³-hybridized carbons (Fsp3) is 0.440. The predicted octanol–water partition coefficient (Wildman–Crippen LogP) is 2.10. The second-order valence-corrected chi connectivity index (χ2v) is 10.7. The number of carbonyl (C=O) groups is 1. The number of fused-ring (bicyclic) bond motifs is 1. The highest BCUT2D eigenvalue weighted by Crippen LogP contribution is 2.36. The fourth-order valence-corrected chi connectivity index (χ4v) is 5.79. The van der Waals surface area contributed by atoms with Crippen LogP contribution < -0.4 is 4.74 Å². The second-order valence-electron chi connectivity index (χ2n) is 8.80. The molecule has 1 aliphatic rings. The summed E-state index contributed by atoms with van der Waals surface area (Å²) >= 11 is 0. The van der Waals surface area contributed by atoms with Gasteiger partial charge in [0.1, 0.15) is 23.4 Å². The first-order valence-corrected chi connectivity index (χ1v) is 12.7. The average molecular weight is 502 g/mol. The zero-order chi connectivity index (χ0) is 25.8. The summed E-state index contributed by atoms with van der Waals surface area (Å²) in [7, 11) is -0.876. The Labute approximate surface area is 206 Å². The molecule has 0 saturated heterocycles. The molecule has 10 heteroatoms. The van der Waals surface area contributed by atoms with E-state index in [0.29, 0.717) is 5.56 Å². The van der Waals surface area contributed by atoms with Crippen molar-refractivity contribution in [2.75, 3.05) is 40.5 Å². The number of hydrogen-bond donors (Lipinski definition) is 1. The first kappa shape index (κ1) is 26.6. The zero-order valence-electron chi connectivity index (χ0n) is 20.3. The molecule has 1 heterocycles. The number of ether oxygens (including phenoxy) is 2. The van der Waals surface area contributed by atoms with Crippen molar-refractivity contribution in [3.63, 3.8) is 0 Å². The van der Waals surface area contributed by atoms with Gasteiger partial charge in [0.2, 0.25) is 15.9 Å². The lowest BCUT2D eigenvalue weighted by molar-refractivity contribution is -0.135. The van der Waals surface area contributed by atoms with Gasteiger partial charge in [0.15, 0.2) is 0 Å². The summed E-state index contributed by atoms with van der Waals surface area (Å²) in [4.78, 5) is 13.8. The van der Waals surface area contributed by atoms with Crippen molar-refractivity contribution >= 4 is 15.9 Å². The van der Waals surface area contributed by atoms with E-state index in [1.807, 2.05) is 6.92 Å². The van der Waals surface area contributed by atoms with Crippen LogP contribution in [0.1, 0.15) is 19.4 Å². The van der Waals surface area contributed by atoms with Crippen molar-refractivity contribution in [3.8, 4) is 22.9 Å². The lowest BCUT2D eigenvalue weighted by Gasteiger charge is -2.37. The summed E-state index contributed by atoms with van der Waals surface area (Å²) in [6.45, 7) is 3.47. The molecular weight excluding hydrogens is 470 g/mol. The first-order valence-electron chi connectivity index (χ1n) is 11.3. The summed E-state index contributed by atoms with van der Waals surface area (Å²) < 4.78 is 39.7. The molecule has 0 fully saturated rings. The van der Waals surface area contributed by atoms with E-state index in [1.54, 1.807) is 50.4 Å². The van der Waals surface area contributed by atoms with Gasteiger partial charge in [-0.2, -0.15) is 9.57 Å². The summed E-state index contributed by atoms with van der Waals surface area (Å²) in [5.74, 6) is -0.334. The van der Waals surface area contributed by atoms with Crippen LogP contribution in [0.2, 0.25) is 0 Å². The van der Waals surface area contributed by atoms with Gasteiger partial charge >= 0.3 is 0 Å². The molecule has 0 aromatic heterocycles. The van der Waals surface area contributed by atoms with Crippen LogP contribution in [-0.4, -0.2) is 81.2 Å². The molecule has 0 aliphatic carbocycles. The number of carbonyl (C=O) groups excluding carboxylic acids is 1. The molecule has 3 atom stereocenters. The molecule has 0 bridgehead atoms. The van der Waals surface area contributed by atoms with Gasteiger partial charge in [-0.3, -0.25) is 4.79 Å². The van der Waals surface area contributed by atoms with Crippen LogP contribution >= 0.6 is 0 Å². The van der Waals surface area contributed by atoms with Crippen molar-refractivity contribution in [1.29, 1.82) is 5.26 Å². The SMILES string of the molecule is COCC(=O)N(C)C[C@@H]1Oc2cc(-c3ccc(C#N)cc3)ccc2S(=O)(=O)N([C@@H](C)CO)C[C@H]1C. The molecule has 188 valence electrons. The Balaban J connectivity index is 2.09. The van der Waals surface area contributed by atoms with Crippen LogP contribution in [0.4, 0.5) is 0 Å². The van der Waals surface area contributed by atoms with Gasteiger partial charge in [0.25, 0.3) is 0 Å². The molecule has 9 nitrogen and oxygen atoms in total. The van der Waals surface area contributed by atoms with Gasteiger partial charge in [0.05, 0.1) is 24.8 Å². The van der Waals surface area contributed by atoms with E-state index < -0.39 is 22.2 Å². The van der Waals surface area contributed by atoms with Gasteiger partial charge in [-0.25, -0.2) is 8.42 Å². The van der Waals surface area contributed by atoms with Gasteiger partial charge in [0, 0.05) is 32.7 Å². The van der Waals surface area contributed by atoms with Crippen LogP contribution in [0.25, 0.3) is 11.1 Å². The number of nitrogens with zero attached hydrogens (tertiary/aromatic N) is 3. The number of amides is 1. The third-order valence-electron chi connectivity index (χ3n) is 6.16. The Kier molecular flexibility index (Phi) is 8.51. The first-order chi connectivity index (χ1) is 16.6. The van der Waals surface area contributed by atoms with Gasteiger partial charge in [-0.15, -0.1) is 0 Å². The number of hydrogen-bond acceptors (Lipinski definition) is 7. The number of benzene rings is 2. The maximum absolute atomic E-state index is 13.6. The summed E-state index contributed by atoms with van der Waals surface area (Å²) in [5, 5.41) is 18.8. The van der Waals surface area contributed by atoms with E-state index >= 15 is 0 Å². The van der Waals surface area contributed by atoms with E-state index in [0.717, 1.165) is 11.1 Å². The quantitative estimate of drug-likeness (QED) is 0.617. The number of rotatable bonds is 7. The average Bonchev–Trinajstić information content (AvgIpc) is 2.85. The van der Waals surface area contributed by atoms with Crippen molar-refractivity contribution < 1.29 is 27.8 Å². The Morgan fingerprint density at radius 2 is 1.94 bits per heavy atom. The molecule has 2 aromatic carbocycles. The maximum atomic E-state index is 13.6. The minimum Gasteiger partial charge on any atom is -0.487 e. The fourth-order valence-electron chi connectivity index (χ4n) is 3.97. The Hall–Kier alpha value is -2.97. The summed E-state index contributed by atoms with van der Waals surface area (Å²) in [5.41, 5.74) is 2.04. The molecular formula is C25H31N3O6S. The number of aliphatic hydroxyl groups excluding tert-OH is 1. The lowest BCUT2D eigenvalue weighted by Crippen LogP contribution is -2.50. The van der Waals surface area contributed by atoms with E-state index in [2.05, 4.69) is 6.07 Å². The number of aliphatic hydroxyl groups is 1. The van der Waals surface area contributed by atoms with E-state index in [9.17, 15) is 18.3 Å². The monoisotopic (exact) mass is 501 g/mol. The smallest absolute Gasteiger partial charge is 0.248 e. The van der Waals surface area contributed by atoms with Crippen LogP contribution in [0, 0.1) is 17.2 Å². The highest BCUT2D eigenvalue weighted by Gasteiger charge is 2.38. The Morgan fingerprint density at radius 3 is 2.54 bits per heavy atom. The Bertz CT molecular complexity index is 1190. The van der Waals surface area contributed by atoms with Crippen molar-refractivity contribution in [1.82, 2.24) is 9.21 Å². The van der Waals surface area contributed by atoms with Crippen LogP contribution in [0.15, 0.2) is 47.4 Å². The maximum Gasteiger partial charge on any atom is 0.248 e. The topological polar surface area (TPSA) is 120 Å². The molecule has 0 saturated carbocycles. The summed E-state index contributed by atoms with van der Waals surface area (Å²) in [6, 6.07) is 13.3. The highest BCUT2D eigenvalue weighted by molar-refractivity contribution is 7.89. The Morgan fingerprint density at radius 1 is 1.29 bits per heavy atom. The third-order valence-corrected chi connectivity index (χ3v) is 8.18. The standard InChI is InChI=1S/C25H31N3O6S/c1-17-13-28(18(2)15-29)35(31,32)24-10-9-21(20-7-5-19(12-26)6-8-20)11-22(24)34-23(17)14-27(3)25(30)16-33-4/h5-11,17-18,23,29H,13-16H2,1-4H3/t17-,18+,23+/m1/s1. The van der Waals surface area contributed by atoms with E-state index in [4.69, 9.17) is 14.7 Å². The zero-order valence-corrected chi connectivity index (χ0v) is 21.2. The normalized spacial score (nSPS) is 20.5. The van der Waals surface area contributed by atoms with Crippen LogP contribution in [-0.2, 0) is 19.6 Å². The molecule has 1 aliphatic heterocycles. The van der Waals surface area contributed by atoms with Gasteiger partial charge in [-0.1, -0.05) is 25.1 Å². The number of likely N-dealkylation sites (N-methyl/N-ethyl adjacent to an activating group) is 1. The second kappa shape index (κ2) is 11.2. The van der Waals surface area contributed by atoms with Crippen LogP contribution in [0.5, 0.6) is 5.75 Å². The van der Waals surface area contributed by atoms with Gasteiger partial charge < -0.3 is 19.5 Å². The predicted molar refractivity (Wildman–Crippen MR) is 130 cm³/mol. The molecule has 3 rings (SSSR count). The minimum atomic E-state index is -3.97. The molecule has 0 spiro atoms. The molecule has 0 radical (unpaired) electrons.